The highest BCUT2D eigenvalue weighted by molar-refractivity contribution is 7.11. The van der Waals surface area contributed by atoms with Crippen LogP contribution in [0.5, 0.6) is 0 Å². The van der Waals surface area contributed by atoms with Crippen LogP contribution in [-0.4, -0.2) is 11.0 Å². The molecule has 2 aromatic rings. The van der Waals surface area contributed by atoms with Crippen LogP contribution in [0.3, 0.4) is 0 Å². The van der Waals surface area contributed by atoms with Crippen molar-refractivity contribution in [3.63, 3.8) is 0 Å². The molecule has 0 fully saturated rings. The molecule has 3 rings (SSSR count). The van der Waals surface area contributed by atoms with E-state index in [9.17, 15) is 0 Å². The Morgan fingerprint density at radius 3 is 2.76 bits per heavy atom. The zero-order valence-corrected chi connectivity index (χ0v) is 14.3. The van der Waals surface area contributed by atoms with E-state index in [1.165, 1.54) is 39.5 Å². The highest BCUT2D eigenvalue weighted by Gasteiger charge is 2.24. The molecule has 1 N–H and O–H groups in total. The number of nitrogens with one attached hydrogen (secondary N) is 1. The Morgan fingerprint density at radius 1 is 1.29 bits per heavy atom. The number of halogens is 1. The summed E-state index contributed by atoms with van der Waals surface area (Å²) in [6, 6.07) is 6.71. The lowest BCUT2D eigenvalue weighted by atomic mass is 10.0. The van der Waals surface area contributed by atoms with Crippen LogP contribution in [0.1, 0.15) is 53.0 Å². The van der Waals surface area contributed by atoms with Gasteiger partial charge in [-0.1, -0.05) is 17.7 Å². The molecule has 0 bridgehead atoms. The summed E-state index contributed by atoms with van der Waals surface area (Å²) in [5.41, 5.74) is 3.81. The Kier molecular flexibility index (Phi) is 4.34. The Balaban J connectivity index is 2.00. The van der Waals surface area contributed by atoms with Gasteiger partial charge in [0, 0.05) is 15.9 Å². The Hall–Kier alpha value is -0.900. The number of hydrogen-bond donors (Lipinski definition) is 1. The summed E-state index contributed by atoms with van der Waals surface area (Å²) >= 11 is 7.97. The molecule has 0 amide bonds. The fraction of sp³-hybridized carbons (Fsp3) is 0.471. The first kappa shape index (κ1) is 15.0. The van der Waals surface area contributed by atoms with E-state index >= 15 is 0 Å². The normalized spacial score (nSPS) is 15.5. The molecule has 1 atom stereocenters. The fourth-order valence-corrected chi connectivity index (χ4v) is 4.38. The van der Waals surface area contributed by atoms with Gasteiger partial charge in [0.1, 0.15) is 5.01 Å². The molecule has 1 heterocycles. The van der Waals surface area contributed by atoms with Crippen LogP contribution in [0.25, 0.3) is 0 Å². The first-order chi connectivity index (χ1) is 10.0. The number of nitrogens with zero attached hydrogens (tertiary/aromatic N) is 1. The second-order valence-electron chi connectivity index (χ2n) is 6.03. The lowest BCUT2D eigenvalue weighted by Gasteiger charge is -2.22. The van der Waals surface area contributed by atoms with Gasteiger partial charge in [0.05, 0.1) is 11.7 Å². The predicted octanol–water partition coefficient (Wildman–Crippen LogP) is 4.68. The van der Waals surface area contributed by atoms with Gasteiger partial charge in [-0.3, -0.25) is 0 Å². The second-order valence-corrected chi connectivity index (χ2v) is 7.58. The quantitative estimate of drug-likeness (QED) is 0.884. The van der Waals surface area contributed by atoms with E-state index in [4.69, 9.17) is 16.6 Å². The third-order valence-corrected chi connectivity index (χ3v) is 5.36. The van der Waals surface area contributed by atoms with Crippen LogP contribution >= 0.6 is 22.9 Å². The van der Waals surface area contributed by atoms with Crippen molar-refractivity contribution < 1.29 is 0 Å². The van der Waals surface area contributed by atoms with Gasteiger partial charge in [-0.2, -0.15) is 0 Å². The van der Waals surface area contributed by atoms with Crippen LogP contribution in [0, 0.1) is 6.92 Å². The SMILES string of the molecule is Cc1cc(Cl)ccc1C(NC(C)C)c1nc2c(s1)CCC2. The van der Waals surface area contributed by atoms with Gasteiger partial charge in [0.25, 0.3) is 0 Å². The van der Waals surface area contributed by atoms with Crippen molar-refractivity contribution in [2.45, 2.75) is 52.1 Å². The topological polar surface area (TPSA) is 24.9 Å². The molecule has 1 unspecified atom stereocenters. The van der Waals surface area contributed by atoms with Gasteiger partial charge < -0.3 is 5.32 Å². The fourth-order valence-electron chi connectivity index (χ4n) is 2.92. The van der Waals surface area contributed by atoms with E-state index in [1.54, 1.807) is 0 Å². The first-order valence-corrected chi connectivity index (χ1v) is 8.74. The molecule has 1 aliphatic carbocycles. The maximum Gasteiger partial charge on any atom is 0.115 e. The van der Waals surface area contributed by atoms with Crippen molar-refractivity contribution in [2.24, 2.45) is 0 Å². The van der Waals surface area contributed by atoms with E-state index in [2.05, 4.69) is 32.2 Å². The average molecular weight is 321 g/mol. The zero-order chi connectivity index (χ0) is 15.0. The summed E-state index contributed by atoms with van der Waals surface area (Å²) < 4.78 is 0. The van der Waals surface area contributed by atoms with Crippen LogP contribution < -0.4 is 5.32 Å². The molecule has 1 aromatic heterocycles. The summed E-state index contributed by atoms with van der Waals surface area (Å²) in [7, 11) is 0. The molecule has 112 valence electrons. The molecular weight excluding hydrogens is 300 g/mol. The highest BCUT2D eigenvalue weighted by atomic mass is 35.5. The van der Waals surface area contributed by atoms with Crippen molar-refractivity contribution in [3.05, 3.63) is 49.9 Å². The van der Waals surface area contributed by atoms with E-state index < -0.39 is 0 Å². The molecule has 0 aliphatic heterocycles. The third-order valence-electron chi connectivity index (χ3n) is 3.90. The largest absolute Gasteiger partial charge is 0.302 e. The molecule has 0 saturated heterocycles. The van der Waals surface area contributed by atoms with Crippen LogP contribution in [-0.2, 0) is 12.8 Å². The number of thiazole rings is 1. The molecule has 1 aliphatic rings. The van der Waals surface area contributed by atoms with Crippen LogP contribution in [0.4, 0.5) is 0 Å². The molecule has 1 aromatic carbocycles. The minimum Gasteiger partial charge on any atom is -0.302 e. The maximum absolute atomic E-state index is 6.10. The van der Waals surface area contributed by atoms with Crippen LogP contribution in [0.2, 0.25) is 5.02 Å². The predicted molar refractivity (Wildman–Crippen MR) is 90.4 cm³/mol. The Labute approximate surface area is 135 Å². The minimum absolute atomic E-state index is 0.165. The Bertz CT molecular complexity index is 627. The smallest absolute Gasteiger partial charge is 0.115 e. The molecule has 0 radical (unpaired) electrons. The maximum atomic E-state index is 6.10. The molecule has 2 nitrogen and oxygen atoms in total. The molecule has 4 heteroatoms. The summed E-state index contributed by atoms with van der Waals surface area (Å²) in [6.45, 7) is 6.48. The van der Waals surface area contributed by atoms with E-state index in [-0.39, 0.29) is 6.04 Å². The first-order valence-electron chi connectivity index (χ1n) is 7.55. The van der Waals surface area contributed by atoms with E-state index in [1.807, 2.05) is 23.5 Å². The minimum atomic E-state index is 0.165. The van der Waals surface area contributed by atoms with Gasteiger partial charge >= 0.3 is 0 Å². The number of rotatable bonds is 4. The highest BCUT2D eigenvalue weighted by Crippen LogP contribution is 2.35. The number of hydrogen-bond acceptors (Lipinski definition) is 3. The third kappa shape index (κ3) is 3.15. The summed E-state index contributed by atoms with van der Waals surface area (Å²) in [5.74, 6) is 0. The number of benzene rings is 1. The van der Waals surface area contributed by atoms with Gasteiger partial charge in [-0.25, -0.2) is 4.98 Å². The Morgan fingerprint density at radius 2 is 2.10 bits per heavy atom. The number of fused-ring (bicyclic) bond motifs is 1. The number of aromatic nitrogens is 1. The average Bonchev–Trinajstić information content (AvgIpc) is 2.96. The van der Waals surface area contributed by atoms with Gasteiger partial charge in [-0.05, 0) is 63.3 Å². The molecular formula is C17H21ClN2S. The van der Waals surface area contributed by atoms with E-state index in [0.29, 0.717) is 6.04 Å². The molecule has 0 spiro atoms. The van der Waals surface area contributed by atoms with Crippen molar-refractivity contribution >= 4 is 22.9 Å². The number of aryl methyl sites for hydroxylation is 3. The van der Waals surface area contributed by atoms with Gasteiger partial charge in [0.2, 0.25) is 0 Å². The van der Waals surface area contributed by atoms with Crippen LogP contribution in [0.15, 0.2) is 18.2 Å². The molecule has 0 saturated carbocycles. The van der Waals surface area contributed by atoms with Crippen molar-refractivity contribution in [1.82, 2.24) is 10.3 Å². The van der Waals surface area contributed by atoms with Gasteiger partial charge in [-0.15, -0.1) is 11.3 Å². The standard InChI is InChI=1S/C17H21ClN2S/c1-10(2)19-16(13-8-7-12(18)9-11(13)3)17-20-14-5-4-6-15(14)21-17/h7-10,16,19H,4-6H2,1-3H3. The monoisotopic (exact) mass is 320 g/mol. The summed E-state index contributed by atoms with van der Waals surface area (Å²) in [4.78, 5) is 6.39. The summed E-state index contributed by atoms with van der Waals surface area (Å²) in [5, 5.41) is 5.65. The van der Waals surface area contributed by atoms with E-state index in [0.717, 1.165) is 11.4 Å². The van der Waals surface area contributed by atoms with Crippen molar-refractivity contribution in [1.29, 1.82) is 0 Å². The lowest BCUT2D eigenvalue weighted by Crippen LogP contribution is -2.29. The van der Waals surface area contributed by atoms with Crippen molar-refractivity contribution in [2.75, 3.05) is 0 Å². The summed E-state index contributed by atoms with van der Waals surface area (Å²) in [6.07, 6.45) is 3.59. The lowest BCUT2D eigenvalue weighted by molar-refractivity contribution is 0.524. The zero-order valence-electron chi connectivity index (χ0n) is 12.7. The molecule has 21 heavy (non-hydrogen) atoms. The van der Waals surface area contributed by atoms with Gasteiger partial charge in [0.15, 0.2) is 0 Å². The second kappa shape index (κ2) is 6.07. The van der Waals surface area contributed by atoms with Crippen molar-refractivity contribution in [3.8, 4) is 0 Å².